The molecule has 2 atom stereocenters. The molecule has 2 aromatic rings. The molecule has 1 aromatic carbocycles. The minimum absolute atomic E-state index is 0.0156. The molecule has 0 amide bonds. The molecule has 8 heteroatoms. The number of aliphatic hydroxyl groups is 2. The van der Waals surface area contributed by atoms with Gasteiger partial charge in [0.15, 0.2) is 0 Å². The van der Waals surface area contributed by atoms with Crippen LogP contribution in [-0.2, 0) is 0 Å². The Balaban J connectivity index is 2.50. The lowest BCUT2D eigenvalue weighted by Crippen LogP contribution is -2.29. The Morgan fingerprint density at radius 2 is 1.76 bits per heavy atom. The maximum atomic E-state index is 13.0. The van der Waals surface area contributed by atoms with Gasteiger partial charge < -0.3 is 26.4 Å². The molecule has 0 saturated carbocycles. The molecule has 1 aromatic heterocycles. The third kappa shape index (κ3) is 3.36. The van der Waals surface area contributed by atoms with Crippen molar-refractivity contribution < 1.29 is 19.3 Å². The van der Waals surface area contributed by atoms with Crippen LogP contribution in [0.25, 0.3) is 11.1 Å². The van der Waals surface area contributed by atoms with Gasteiger partial charge in [0.2, 0.25) is 18.1 Å². The second kappa shape index (κ2) is 5.90. The second-order valence-electron chi connectivity index (χ2n) is 4.40. The van der Waals surface area contributed by atoms with Crippen LogP contribution in [0.1, 0.15) is 6.92 Å². The fourth-order valence-electron chi connectivity index (χ4n) is 1.66. The fraction of sp³-hybridized carbons (Fsp3) is 0.231. The molecule has 0 aliphatic carbocycles. The van der Waals surface area contributed by atoms with Gasteiger partial charge in [0.05, 0.1) is 5.56 Å². The van der Waals surface area contributed by atoms with Crippen molar-refractivity contribution in [2.24, 2.45) is 0 Å². The molecule has 0 saturated heterocycles. The Kier molecular flexibility index (Phi) is 4.20. The van der Waals surface area contributed by atoms with Crippen LogP contribution in [0.2, 0.25) is 0 Å². The van der Waals surface area contributed by atoms with Crippen LogP contribution in [0, 0.1) is 5.82 Å². The van der Waals surface area contributed by atoms with Gasteiger partial charge in [-0.05, 0) is 24.6 Å². The molecule has 21 heavy (non-hydrogen) atoms. The van der Waals surface area contributed by atoms with Crippen LogP contribution < -0.4 is 16.2 Å². The molecular formula is C13H15FN4O3. The minimum atomic E-state index is -1.52. The summed E-state index contributed by atoms with van der Waals surface area (Å²) >= 11 is 0. The summed E-state index contributed by atoms with van der Waals surface area (Å²) < 4.78 is 18.2. The standard InChI is InChI=1S/C13H15FN4O3/c1-6(19)12(20)21-11-9(10(15)17-13(16)18-11)7-2-4-8(14)5-3-7/h2-6,12,19-20H,1H3,(H4,15,16,17,18)/t6?,12-/m0/s1. The van der Waals surface area contributed by atoms with Crippen molar-refractivity contribution in [3.05, 3.63) is 30.1 Å². The van der Waals surface area contributed by atoms with E-state index in [1.165, 1.54) is 31.2 Å². The Hall–Kier alpha value is -2.45. The fourth-order valence-corrected chi connectivity index (χ4v) is 1.66. The highest BCUT2D eigenvalue weighted by atomic mass is 19.1. The van der Waals surface area contributed by atoms with Crippen molar-refractivity contribution in [3.8, 4) is 17.0 Å². The summed E-state index contributed by atoms with van der Waals surface area (Å²) in [6.45, 7) is 1.34. The SMILES string of the molecule is CC(O)[C@@H](O)Oc1nc(N)nc(N)c1-c1ccc(F)cc1. The largest absolute Gasteiger partial charge is 0.444 e. The number of aromatic nitrogens is 2. The second-order valence-corrected chi connectivity index (χ2v) is 4.40. The average molecular weight is 294 g/mol. The number of hydrogen-bond acceptors (Lipinski definition) is 7. The van der Waals surface area contributed by atoms with Crippen molar-refractivity contribution in [1.29, 1.82) is 0 Å². The Morgan fingerprint density at radius 1 is 1.14 bits per heavy atom. The zero-order valence-corrected chi connectivity index (χ0v) is 11.2. The minimum Gasteiger partial charge on any atom is -0.444 e. The third-order valence-electron chi connectivity index (χ3n) is 2.70. The number of nitrogen functional groups attached to an aromatic ring is 2. The molecule has 0 spiro atoms. The van der Waals surface area contributed by atoms with E-state index in [0.717, 1.165) is 0 Å². The van der Waals surface area contributed by atoms with Gasteiger partial charge in [0.25, 0.3) is 0 Å². The van der Waals surface area contributed by atoms with Crippen LogP contribution in [0.4, 0.5) is 16.2 Å². The van der Waals surface area contributed by atoms with Gasteiger partial charge >= 0.3 is 0 Å². The molecule has 112 valence electrons. The quantitative estimate of drug-likeness (QED) is 0.605. The Labute approximate surface area is 120 Å². The van der Waals surface area contributed by atoms with Crippen LogP contribution in [0.3, 0.4) is 0 Å². The molecule has 2 rings (SSSR count). The molecule has 0 radical (unpaired) electrons. The van der Waals surface area contributed by atoms with Crippen molar-refractivity contribution >= 4 is 11.8 Å². The Morgan fingerprint density at radius 3 is 2.33 bits per heavy atom. The lowest BCUT2D eigenvalue weighted by Gasteiger charge is -2.18. The summed E-state index contributed by atoms with van der Waals surface area (Å²) in [4.78, 5) is 7.67. The van der Waals surface area contributed by atoms with Crippen molar-refractivity contribution in [2.45, 2.75) is 19.3 Å². The summed E-state index contributed by atoms with van der Waals surface area (Å²) in [6.07, 6.45) is -2.67. The van der Waals surface area contributed by atoms with Gasteiger partial charge in [0.1, 0.15) is 17.7 Å². The zero-order valence-electron chi connectivity index (χ0n) is 11.2. The number of rotatable bonds is 4. The zero-order chi connectivity index (χ0) is 15.6. The van der Waals surface area contributed by atoms with E-state index in [2.05, 4.69) is 9.97 Å². The highest BCUT2D eigenvalue weighted by molar-refractivity contribution is 5.79. The molecule has 7 nitrogen and oxygen atoms in total. The van der Waals surface area contributed by atoms with Gasteiger partial charge in [-0.25, -0.2) is 4.39 Å². The molecule has 0 fully saturated rings. The van der Waals surface area contributed by atoms with Crippen molar-refractivity contribution in [3.63, 3.8) is 0 Å². The maximum absolute atomic E-state index is 13.0. The van der Waals surface area contributed by atoms with Gasteiger partial charge in [-0.3, -0.25) is 0 Å². The lowest BCUT2D eigenvalue weighted by atomic mass is 10.1. The van der Waals surface area contributed by atoms with E-state index in [-0.39, 0.29) is 23.2 Å². The van der Waals surface area contributed by atoms with Crippen LogP contribution in [0.5, 0.6) is 5.88 Å². The normalized spacial score (nSPS) is 13.7. The first kappa shape index (κ1) is 14.9. The van der Waals surface area contributed by atoms with Gasteiger partial charge in [-0.1, -0.05) is 12.1 Å². The molecular weight excluding hydrogens is 279 g/mol. The van der Waals surface area contributed by atoms with E-state index in [4.69, 9.17) is 16.2 Å². The topological polar surface area (TPSA) is 128 Å². The van der Waals surface area contributed by atoms with E-state index in [1.807, 2.05) is 0 Å². The number of anilines is 2. The summed E-state index contributed by atoms with van der Waals surface area (Å²) in [5.41, 5.74) is 12.0. The number of benzene rings is 1. The van der Waals surface area contributed by atoms with Gasteiger partial charge in [-0.2, -0.15) is 9.97 Å². The van der Waals surface area contributed by atoms with E-state index in [0.29, 0.717) is 5.56 Å². The first-order valence-corrected chi connectivity index (χ1v) is 6.10. The smallest absolute Gasteiger partial charge is 0.230 e. The van der Waals surface area contributed by atoms with Crippen LogP contribution in [-0.4, -0.2) is 32.6 Å². The summed E-state index contributed by atoms with van der Waals surface area (Å²) in [6, 6.07) is 5.39. The molecule has 0 bridgehead atoms. The summed E-state index contributed by atoms with van der Waals surface area (Å²) in [7, 11) is 0. The molecule has 6 N–H and O–H groups in total. The summed E-state index contributed by atoms with van der Waals surface area (Å²) in [5.74, 6) is -0.645. The first-order valence-electron chi connectivity index (χ1n) is 6.10. The van der Waals surface area contributed by atoms with E-state index < -0.39 is 18.2 Å². The molecule has 1 unspecified atom stereocenters. The molecule has 0 aliphatic rings. The highest BCUT2D eigenvalue weighted by Gasteiger charge is 2.20. The van der Waals surface area contributed by atoms with Gasteiger partial charge in [-0.15, -0.1) is 0 Å². The summed E-state index contributed by atoms with van der Waals surface area (Å²) in [5, 5.41) is 18.9. The first-order chi connectivity index (χ1) is 9.88. The molecule has 0 aliphatic heterocycles. The maximum Gasteiger partial charge on any atom is 0.230 e. The highest BCUT2D eigenvalue weighted by Crippen LogP contribution is 2.34. The predicted molar refractivity (Wildman–Crippen MR) is 74.6 cm³/mol. The van der Waals surface area contributed by atoms with Crippen molar-refractivity contribution in [1.82, 2.24) is 9.97 Å². The Bertz CT molecular complexity index is 634. The van der Waals surface area contributed by atoms with Crippen molar-refractivity contribution in [2.75, 3.05) is 11.5 Å². The number of ether oxygens (including phenoxy) is 1. The molecule has 1 heterocycles. The van der Waals surface area contributed by atoms with Crippen LogP contribution >= 0.6 is 0 Å². The monoisotopic (exact) mass is 294 g/mol. The number of aliphatic hydroxyl groups excluding tert-OH is 2. The third-order valence-corrected chi connectivity index (χ3v) is 2.70. The van der Waals surface area contributed by atoms with E-state index in [1.54, 1.807) is 0 Å². The van der Waals surface area contributed by atoms with Gasteiger partial charge in [0, 0.05) is 0 Å². The lowest BCUT2D eigenvalue weighted by molar-refractivity contribution is -0.0976. The van der Waals surface area contributed by atoms with E-state index >= 15 is 0 Å². The number of halogens is 1. The van der Waals surface area contributed by atoms with Crippen LogP contribution in [0.15, 0.2) is 24.3 Å². The number of nitrogens with zero attached hydrogens (tertiary/aromatic N) is 2. The van der Waals surface area contributed by atoms with E-state index in [9.17, 15) is 14.6 Å². The predicted octanol–water partition coefficient (Wildman–Crippen LogP) is 0.525. The number of hydrogen-bond donors (Lipinski definition) is 4. The number of nitrogens with two attached hydrogens (primary N) is 2. The average Bonchev–Trinajstić information content (AvgIpc) is 2.39.